The van der Waals surface area contributed by atoms with Crippen molar-refractivity contribution in [3.63, 3.8) is 0 Å². The van der Waals surface area contributed by atoms with Gasteiger partial charge >= 0.3 is 0 Å². The fourth-order valence-electron chi connectivity index (χ4n) is 2.37. The SMILES string of the molecule is Cc1nn(-c2ccc(NCCNC(=O)c3ccc(Cl)s3)nn2)c(C)c1C. The number of halogens is 1. The molecule has 1 amide bonds. The molecule has 0 bridgehead atoms. The van der Waals surface area contributed by atoms with Gasteiger partial charge in [-0.25, -0.2) is 4.68 Å². The molecule has 0 saturated heterocycles. The van der Waals surface area contributed by atoms with Crippen molar-refractivity contribution in [2.45, 2.75) is 20.8 Å². The molecule has 0 spiro atoms. The molecule has 2 N–H and O–H groups in total. The standard InChI is InChI=1S/C17H19ClN6OS/c1-10-11(2)23-24(12(10)3)16-7-6-15(21-22-16)19-8-9-20-17(25)13-4-5-14(18)26-13/h4-7H,8-9H2,1-3H3,(H,19,21)(H,20,25). The Morgan fingerprint density at radius 1 is 1.15 bits per heavy atom. The number of carbonyl (C=O) groups is 1. The molecule has 3 rings (SSSR count). The lowest BCUT2D eigenvalue weighted by Crippen LogP contribution is -2.28. The summed E-state index contributed by atoms with van der Waals surface area (Å²) in [6.07, 6.45) is 0. The molecular weight excluding hydrogens is 372 g/mol. The number of amides is 1. The first-order valence-electron chi connectivity index (χ1n) is 8.10. The van der Waals surface area contributed by atoms with Gasteiger partial charge in [0.2, 0.25) is 0 Å². The van der Waals surface area contributed by atoms with E-state index in [0.29, 0.717) is 33.9 Å². The highest BCUT2D eigenvalue weighted by atomic mass is 35.5. The van der Waals surface area contributed by atoms with Gasteiger partial charge in [0.05, 0.1) is 14.9 Å². The third kappa shape index (κ3) is 4.03. The number of aryl methyl sites for hydroxylation is 1. The largest absolute Gasteiger partial charge is 0.367 e. The third-order valence-electron chi connectivity index (χ3n) is 4.03. The minimum Gasteiger partial charge on any atom is -0.367 e. The van der Waals surface area contributed by atoms with Gasteiger partial charge in [-0.1, -0.05) is 11.6 Å². The molecule has 0 unspecified atom stereocenters. The van der Waals surface area contributed by atoms with Crippen molar-refractivity contribution in [2.75, 3.05) is 18.4 Å². The minimum atomic E-state index is -0.134. The summed E-state index contributed by atoms with van der Waals surface area (Å²) >= 11 is 7.08. The fourth-order valence-corrected chi connectivity index (χ4v) is 3.33. The number of thiophene rings is 1. The number of nitrogens with one attached hydrogen (secondary N) is 2. The van der Waals surface area contributed by atoms with Crippen LogP contribution < -0.4 is 10.6 Å². The highest BCUT2D eigenvalue weighted by Crippen LogP contribution is 2.21. The first-order chi connectivity index (χ1) is 12.5. The van der Waals surface area contributed by atoms with Gasteiger partial charge in [-0.3, -0.25) is 4.79 Å². The molecule has 0 saturated carbocycles. The van der Waals surface area contributed by atoms with Gasteiger partial charge in [-0.2, -0.15) is 5.10 Å². The van der Waals surface area contributed by atoms with Crippen molar-refractivity contribution < 1.29 is 4.79 Å². The van der Waals surface area contributed by atoms with E-state index >= 15 is 0 Å². The summed E-state index contributed by atoms with van der Waals surface area (Å²) in [6.45, 7) is 7.02. The highest BCUT2D eigenvalue weighted by Gasteiger charge is 2.10. The van der Waals surface area contributed by atoms with E-state index in [1.54, 1.807) is 16.8 Å². The molecule has 3 aromatic heterocycles. The smallest absolute Gasteiger partial charge is 0.261 e. The topological polar surface area (TPSA) is 84.7 Å². The number of carbonyl (C=O) groups excluding carboxylic acids is 1. The molecule has 136 valence electrons. The van der Waals surface area contributed by atoms with Gasteiger partial charge in [0.1, 0.15) is 5.82 Å². The van der Waals surface area contributed by atoms with Gasteiger partial charge in [-0.05, 0) is 50.6 Å². The lowest BCUT2D eigenvalue weighted by molar-refractivity contribution is 0.0959. The molecule has 0 aromatic carbocycles. The summed E-state index contributed by atoms with van der Waals surface area (Å²) in [6, 6.07) is 7.12. The first-order valence-corrected chi connectivity index (χ1v) is 9.29. The maximum absolute atomic E-state index is 11.9. The first kappa shape index (κ1) is 18.3. The Balaban J connectivity index is 1.51. The van der Waals surface area contributed by atoms with Crippen LogP contribution in [0.25, 0.3) is 5.82 Å². The summed E-state index contributed by atoms with van der Waals surface area (Å²) in [5.74, 6) is 1.18. The zero-order valence-corrected chi connectivity index (χ0v) is 16.3. The van der Waals surface area contributed by atoms with E-state index < -0.39 is 0 Å². The molecule has 0 aliphatic heterocycles. The fraction of sp³-hybridized carbons (Fsp3) is 0.294. The Labute approximate surface area is 160 Å². The van der Waals surface area contributed by atoms with E-state index in [1.165, 1.54) is 11.3 Å². The van der Waals surface area contributed by atoms with Crippen LogP contribution in [0.1, 0.15) is 26.6 Å². The molecule has 0 atom stereocenters. The number of anilines is 1. The summed E-state index contributed by atoms with van der Waals surface area (Å²) in [5, 5.41) is 18.8. The van der Waals surface area contributed by atoms with Gasteiger partial charge < -0.3 is 10.6 Å². The highest BCUT2D eigenvalue weighted by molar-refractivity contribution is 7.17. The van der Waals surface area contributed by atoms with Crippen LogP contribution in [-0.2, 0) is 0 Å². The predicted octanol–water partition coefficient (Wildman–Crippen LogP) is 3.14. The molecule has 9 heteroatoms. The summed E-state index contributed by atoms with van der Waals surface area (Å²) in [5.41, 5.74) is 3.18. The van der Waals surface area contributed by atoms with Crippen LogP contribution in [0.4, 0.5) is 5.82 Å². The quantitative estimate of drug-likeness (QED) is 0.631. The van der Waals surface area contributed by atoms with Crippen molar-refractivity contribution in [3.8, 4) is 5.82 Å². The lowest BCUT2D eigenvalue weighted by Gasteiger charge is -2.07. The molecule has 3 heterocycles. The summed E-state index contributed by atoms with van der Waals surface area (Å²) in [4.78, 5) is 12.5. The third-order valence-corrected chi connectivity index (χ3v) is 5.26. The van der Waals surface area contributed by atoms with Gasteiger partial charge in [0, 0.05) is 18.8 Å². The average molecular weight is 391 g/mol. The maximum atomic E-state index is 11.9. The number of hydrogen-bond acceptors (Lipinski definition) is 6. The molecule has 3 aromatic rings. The molecule has 0 radical (unpaired) electrons. The number of hydrogen-bond donors (Lipinski definition) is 2. The van der Waals surface area contributed by atoms with Crippen LogP contribution >= 0.6 is 22.9 Å². The van der Waals surface area contributed by atoms with Crippen molar-refractivity contribution in [2.24, 2.45) is 0 Å². The Hall–Kier alpha value is -2.45. The van der Waals surface area contributed by atoms with Gasteiger partial charge in [0.25, 0.3) is 5.91 Å². The molecular formula is C17H19ClN6OS. The summed E-state index contributed by atoms with van der Waals surface area (Å²) < 4.78 is 2.38. The summed E-state index contributed by atoms with van der Waals surface area (Å²) in [7, 11) is 0. The van der Waals surface area contributed by atoms with E-state index in [1.807, 2.05) is 32.9 Å². The number of nitrogens with zero attached hydrogens (tertiary/aromatic N) is 4. The Kier molecular flexibility index (Phi) is 5.53. The van der Waals surface area contributed by atoms with Crippen molar-refractivity contribution in [1.29, 1.82) is 0 Å². The predicted molar refractivity (Wildman–Crippen MR) is 104 cm³/mol. The van der Waals surface area contributed by atoms with Gasteiger partial charge in [-0.15, -0.1) is 21.5 Å². The van der Waals surface area contributed by atoms with E-state index in [9.17, 15) is 4.79 Å². The molecule has 26 heavy (non-hydrogen) atoms. The Bertz CT molecular complexity index is 918. The Morgan fingerprint density at radius 2 is 1.96 bits per heavy atom. The number of rotatable bonds is 6. The average Bonchev–Trinajstić information content (AvgIpc) is 3.18. The van der Waals surface area contributed by atoms with Crippen molar-refractivity contribution in [3.05, 3.63) is 50.4 Å². The number of aromatic nitrogens is 4. The molecule has 0 fully saturated rings. The maximum Gasteiger partial charge on any atom is 0.261 e. The molecule has 0 aliphatic carbocycles. The van der Waals surface area contributed by atoms with Crippen LogP contribution in [0.3, 0.4) is 0 Å². The minimum absolute atomic E-state index is 0.134. The molecule has 7 nitrogen and oxygen atoms in total. The van der Waals surface area contributed by atoms with Crippen molar-refractivity contribution in [1.82, 2.24) is 25.3 Å². The van der Waals surface area contributed by atoms with E-state index in [4.69, 9.17) is 11.6 Å². The zero-order chi connectivity index (χ0) is 18.7. The normalized spacial score (nSPS) is 10.8. The van der Waals surface area contributed by atoms with Gasteiger partial charge in [0.15, 0.2) is 5.82 Å². The Morgan fingerprint density at radius 3 is 2.54 bits per heavy atom. The van der Waals surface area contributed by atoms with Crippen LogP contribution in [0, 0.1) is 20.8 Å². The second-order valence-corrected chi connectivity index (χ2v) is 7.49. The van der Waals surface area contributed by atoms with Crippen LogP contribution in [0.5, 0.6) is 0 Å². The second kappa shape index (κ2) is 7.84. The zero-order valence-electron chi connectivity index (χ0n) is 14.7. The van der Waals surface area contributed by atoms with Crippen LogP contribution in [0.15, 0.2) is 24.3 Å². The van der Waals surface area contributed by atoms with Crippen LogP contribution in [-0.4, -0.2) is 39.0 Å². The lowest BCUT2D eigenvalue weighted by atomic mass is 10.2. The van der Waals surface area contributed by atoms with E-state index in [-0.39, 0.29) is 5.91 Å². The monoisotopic (exact) mass is 390 g/mol. The van der Waals surface area contributed by atoms with Crippen molar-refractivity contribution >= 4 is 34.7 Å². The second-order valence-electron chi connectivity index (χ2n) is 5.77. The van der Waals surface area contributed by atoms with E-state index in [0.717, 1.165) is 17.0 Å². The van der Waals surface area contributed by atoms with Crippen LogP contribution in [0.2, 0.25) is 4.34 Å². The molecule has 0 aliphatic rings. The van der Waals surface area contributed by atoms with E-state index in [2.05, 4.69) is 25.9 Å².